The Kier molecular flexibility index (Phi) is 5.82. The Morgan fingerprint density at radius 3 is 2.64 bits per heavy atom. The molecule has 6 heteroatoms. The van der Waals surface area contributed by atoms with Crippen LogP contribution < -0.4 is 15.0 Å². The Balaban J connectivity index is 1.62. The zero-order valence-electron chi connectivity index (χ0n) is 14.7. The van der Waals surface area contributed by atoms with E-state index < -0.39 is 0 Å². The standard InChI is InChI=1S/C19H25N5O/c1-3-11-20-17-21-18(23-19(22-17)25-2)24-12-9-16(10-13-24)14-15-7-5-4-6-8-15/h3-8,16H,1,9-14H2,2H3,(H,20,21,22,23). The van der Waals surface area contributed by atoms with Crippen LogP contribution in [0.2, 0.25) is 0 Å². The fourth-order valence-corrected chi connectivity index (χ4v) is 3.11. The van der Waals surface area contributed by atoms with E-state index in [0.29, 0.717) is 30.4 Å². The minimum Gasteiger partial charge on any atom is -0.467 e. The minimum absolute atomic E-state index is 0.336. The SMILES string of the molecule is C=CCNc1nc(OC)nc(N2CCC(Cc3ccccc3)CC2)n1. The van der Waals surface area contributed by atoms with Crippen molar-refractivity contribution in [1.82, 2.24) is 15.0 Å². The lowest BCUT2D eigenvalue weighted by molar-refractivity contribution is 0.373. The molecule has 0 bridgehead atoms. The van der Waals surface area contributed by atoms with Gasteiger partial charge in [-0.3, -0.25) is 0 Å². The van der Waals surface area contributed by atoms with Gasteiger partial charge in [0, 0.05) is 19.6 Å². The van der Waals surface area contributed by atoms with Crippen LogP contribution >= 0.6 is 0 Å². The molecule has 1 N–H and O–H groups in total. The second-order valence-corrected chi connectivity index (χ2v) is 6.24. The molecule has 0 spiro atoms. The lowest BCUT2D eigenvalue weighted by Gasteiger charge is -2.32. The molecule has 1 aromatic heterocycles. The van der Waals surface area contributed by atoms with Crippen LogP contribution in [0.25, 0.3) is 0 Å². The number of ether oxygens (including phenoxy) is 1. The maximum absolute atomic E-state index is 5.21. The number of anilines is 2. The number of rotatable bonds is 7. The van der Waals surface area contributed by atoms with Crippen LogP contribution in [0, 0.1) is 5.92 Å². The molecule has 1 aliphatic heterocycles. The van der Waals surface area contributed by atoms with Crippen molar-refractivity contribution >= 4 is 11.9 Å². The van der Waals surface area contributed by atoms with Crippen molar-refractivity contribution in [3.8, 4) is 6.01 Å². The van der Waals surface area contributed by atoms with Gasteiger partial charge >= 0.3 is 6.01 Å². The number of nitrogens with zero attached hydrogens (tertiary/aromatic N) is 4. The number of hydrogen-bond acceptors (Lipinski definition) is 6. The molecule has 1 aliphatic rings. The largest absolute Gasteiger partial charge is 0.467 e. The molecule has 1 saturated heterocycles. The smallest absolute Gasteiger partial charge is 0.322 e. The van der Waals surface area contributed by atoms with Gasteiger partial charge in [-0.1, -0.05) is 36.4 Å². The summed E-state index contributed by atoms with van der Waals surface area (Å²) in [5, 5.41) is 3.10. The average Bonchev–Trinajstić information content (AvgIpc) is 2.67. The fraction of sp³-hybridized carbons (Fsp3) is 0.421. The minimum atomic E-state index is 0.336. The highest BCUT2D eigenvalue weighted by Gasteiger charge is 2.22. The van der Waals surface area contributed by atoms with Crippen molar-refractivity contribution in [3.05, 3.63) is 48.6 Å². The summed E-state index contributed by atoms with van der Waals surface area (Å²) in [5.74, 6) is 1.91. The van der Waals surface area contributed by atoms with Crippen molar-refractivity contribution in [2.75, 3.05) is 37.0 Å². The number of aromatic nitrogens is 3. The second kappa shape index (κ2) is 8.46. The van der Waals surface area contributed by atoms with Gasteiger partial charge in [0.1, 0.15) is 0 Å². The van der Waals surface area contributed by atoms with Gasteiger partial charge in [0.05, 0.1) is 7.11 Å². The van der Waals surface area contributed by atoms with Gasteiger partial charge in [0.2, 0.25) is 11.9 Å². The lowest BCUT2D eigenvalue weighted by atomic mass is 9.90. The zero-order chi connectivity index (χ0) is 17.5. The Hall–Kier alpha value is -2.63. The molecule has 0 amide bonds. The molecule has 0 atom stereocenters. The van der Waals surface area contributed by atoms with Crippen molar-refractivity contribution in [2.45, 2.75) is 19.3 Å². The molecular formula is C19H25N5O. The molecule has 6 nitrogen and oxygen atoms in total. The lowest BCUT2D eigenvalue weighted by Crippen LogP contribution is -2.35. The van der Waals surface area contributed by atoms with Crippen molar-refractivity contribution in [3.63, 3.8) is 0 Å². The maximum Gasteiger partial charge on any atom is 0.322 e. The predicted octanol–water partition coefficient (Wildman–Crippen LogP) is 2.94. The van der Waals surface area contributed by atoms with E-state index in [2.05, 4.69) is 62.1 Å². The number of nitrogens with one attached hydrogen (secondary N) is 1. The Morgan fingerprint density at radius 1 is 1.20 bits per heavy atom. The highest BCUT2D eigenvalue weighted by molar-refractivity contribution is 5.39. The summed E-state index contributed by atoms with van der Waals surface area (Å²) in [5.41, 5.74) is 1.42. The molecule has 2 aromatic rings. The van der Waals surface area contributed by atoms with Crippen LogP contribution in [0.3, 0.4) is 0 Å². The van der Waals surface area contributed by atoms with E-state index in [1.54, 1.807) is 13.2 Å². The molecule has 1 fully saturated rings. The molecule has 25 heavy (non-hydrogen) atoms. The van der Waals surface area contributed by atoms with E-state index in [0.717, 1.165) is 32.4 Å². The molecule has 2 heterocycles. The number of benzene rings is 1. The monoisotopic (exact) mass is 339 g/mol. The first-order valence-electron chi connectivity index (χ1n) is 8.72. The molecule has 0 saturated carbocycles. The third kappa shape index (κ3) is 4.68. The Bertz CT molecular complexity index is 683. The maximum atomic E-state index is 5.21. The molecule has 3 rings (SSSR count). The second-order valence-electron chi connectivity index (χ2n) is 6.24. The van der Waals surface area contributed by atoms with Crippen LogP contribution in [0.5, 0.6) is 6.01 Å². The van der Waals surface area contributed by atoms with Gasteiger partial charge in [0.25, 0.3) is 0 Å². The third-order valence-electron chi connectivity index (χ3n) is 4.45. The van der Waals surface area contributed by atoms with Gasteiger partial charge in [-0.05, 0) is 30.7 Å². The van der Waals surface area contributed by atoms with E-state index >= 15 is 0 Å². The number of hydrogen-bond donors (Lipinski definition) is 1. The van der Waals surface area contributed by atoms with Gasteiger partial charge < -0.3 is 15.0 Å². The van der Waals surface area contributed by atoms with E-state index in [4.69, 9.17) is 4.74 Å². The van der Waals surface area contributed by atoms with E-state index in [-0.39, 0.29) is 0 Å². The number of piperidine rings is 1. The number of methoxy groups -OCH3 is 1. The summed E-state index contributed by atoms with van der Waals surface area (Å²) in [6.45, 7) is 6.20. The van der Waals surface area contributed by atoms with E-state index in [1.165, 1.54) is 5.56 Å². The quantitative estimate of drug-likeness (QED) is 0.783. The molecule has 0 aliphatic carbocycles. The Labute approximate surface area is 149 Å². The van der Waals surface area contributed by atoms with Crippen LogP contribution in [-0.4, -0.2) is 41.7 Å². The van der Waals surface area contributed by atoms with Crippen molar-refractivity contribution in [2.24, 2.45) is 5.92 Å². The van der Waals surface area contributed by atoms with E-state index in [9.17, 15) is 0 Å². The van der Waals surface area contributed by atoms with Crippen molar-refractivity contribution in [1.29, 1.82) is 0 Å². The summed E-state index contributed by atoms with van der Waals surface area (Å²) < 4.78 is 5.21. The first-order valence-corrected chi connectivity index (χ1v) is 8.72. The summed E-state index contributed by atoms with van der Waals surface area (Å²) in [6, 6.07) is 11.0. The van der Waals surface area contributed by atoms with Gasteiger partial charge in [0.15, 0.2) is 0 Å². The van der Waals surface area contributed by atoms with Gasteiger partial charge in [-0.15, -0.1) is 6.58 Å². The molecule has 132 valence electrons. The summed E-state index contributed by atoms with van der Waals surface area (Å²) in [7, 11) is 1.57. The third-order valence-corrected chi connectivity index (χ3v) is 4.45. The van der Waals surface area contributed by atoms with Crippen LogP contribution in [-0.2, 0) is 6.42 Å². The summed E-state index contributed by atoms with van der Waals surface area (Å²) in [4.78, 5) is 15.4. The molecular weight excluding hydrogens is 314 g/mol. The van der Waals surface area contributed by atoms with Crippen molar-refractivity contribution < 1.29 is 4.74 Å². The van der Waals surface area contributed by atoms with Gasteiger partial charge in [-0.25, -0.2) is 0 Å². The first kappa shape index (κ1) is 17.2. The van der Waals surface area contributed by atoms with Crippen LogP contribution in [0.15, 0.2) is 43.0 Å². The summed E-state index contributed by atoms with van der Waals surface area (Å²) >= 11 is 0. The average molecular weight is 339 g/mol. The van der Waals surface area contributed by atoms with Crippen LogP contribution in [0.4, 0.5) is 11.9 Å². The first-order chi connectivity index (χ1) is 12.3. The molecule has 0 unspecified atom stereocenters. The molecule has 0 radical (unpaired) electrons. The highest BCUT2D eigenvalue weighted by atomic mass is 16.5. The topological polar surface area (TPSA) is 63.2 Å². The summed E-state index contributed by atoms with van der Waals surface area (Å²) in [6.07, 6.45) is 5.18. The van der Waals surface area contributed by atoms with E-state index in [1.807, 2.05) is 0 Å². The highest BCUT2D eigenvalue weighted by Crippen LogP contribution is 2.25. The Morgan fingerprint density at radius 2 is 1.96 bits per heavy atom. The van der Waals surface area contributed by atoms with Crippen LogP contribution in [0.1, 0.15) is 18.4 Å². The fourth-order valence-electron chi connectivity index (χ4n) is 3.11. The zero-order valence-corrected chi connectivity index (χ0v) is 14.7. The normalized spacial score (nSPS) is 15.0. The predicted molar refractivity (Wildman–Crippen MR) is 100 cm³/mol. The molecule has 1 aromatic carbocycles. The van der Waals surface area contributed by atoms with Gasteiger partial charge in [-0.2, -0.15) is 15.0 Å².